The molecule has 32 heavy (non-hydrogen) atoms. The molecular weight excluding hydrogens is 447 g/mol. The van der Waals surface area contributed by atoms with E-state index in [1.807, 2.05) is 0 Å². The molecule has 1 unspecified atom stereocenters. The highest BCUT2D eigenvalue weighted by molar-refractivity contribution is 7.80. The van der Waals surface area contributed by atoms with Gasteiger partial charge in [-0.2, -0.15) is 13.2 Å². The van der Waals surface area contributed by atoms with Crippen LogP contribution >= 0.6 is 0 Å². The Hall–Kier alpha value is -2.92. The van der Waals surface area contributed by atoms with E-state index in [0.717, 1.165) is 12.1 Å². The van der Waals surface area contributed by atoms with Gasteiger partial charge in [0.2, 0.25) is 5.91 Å². The molecule has 3 rings (SSSR count). The van der Waals surface area contributed by atoms with Crippen LogP contribution in [0.25, 0.3) is 0 Å². The van der Waals surface area contributed by atoms with Crippen molar-refractivity contribution in [3.8, 4) is 0 Å². The molecule has 0 aliphatic carbocycles. The van der Waals surface area contributed by atoms with Gasteiger partial charge in [-0.05, 0) is 48.4 Å². The monoisotopic (exact) mass is 468 g/mol. The van der Waals surface area contributed by atoms with E-state index in [1.165, 1.54) is 36.4 Å². The lowest BCUT2D eigenvalue weighted by atomic mass is 10.1. The lowest BCUT2D eigenvalue weighted by Crippen LogP contribution is -2.38. The molecule has 0 spiro atoms. The van der Waals surface area contributed by atoms with Crippen molar-refractivity contribution in [2.24, 2.45) is 0 Å². The van der Waals surface area contributed by atoms with Crippen molar-refractivity contribution >= 4 is 28.8 Å². The number of rotatable bonds is 5. The number of hydrogen-bond donors (Lipinski definition) is 1. The molecule has 1 heterocycles. The minimum atomic E-state index is -4.42. The summed E-state index contributed by atoms with van der Waals surface area (Å²) >= 11 is -2.45. The van der Waals surface area contributed by atoms with Crippen molar-refractivity contribution in [1.29, 1.82) is 0 Å². The fourth-order valence-corrected chi connectivity index (χ4v) is 3.76. The summed E-state index contributed by atoms with van der Waals surface area (Å²) in [5, 5.41) is 0. The maximum absolute atomic E-state index is 12.8. The van der Waals surface area contributed by atoms with Gasteiger partial charge in [-0.3, -0.25) is 13.8 Å². The van der Waals surface area contributed by atoms with Crippen molar-refractivity contribution in [1.82, 2.24) is 9.80 Å². The van der Waals surface area contributed by atoms with Gasteiger partial charge < -0.3 is 19.1 Å². The summed E-state index contributed by atoms with van der Waals surface area (Å²) in [6, 6.07) is 10.5. The van der Waals surface area contributed by atoms with Crippen LogP contribution in [0.15, 0.2) is 48.5 Å². The van der Waals surface area contributed by atoms with Crippen molar-refractivity contribution < 1.29 is 31.5 Å². The van der Waals surface area contributed by atoms with Crippen LogP contribution < -0.4 is 4.72 Å². The molecule has 1 aliphatic rings. The van der Waals surface area contributed by atoms with Crippen LogP contribution in [-0.2, 0) is 28.7 Å². The quantitative estimate of drug-likeness (QED) is 0.683. The third kappa shape index (κ3) is 6.30. The minimum Gasteiger partial charge on any atom is -0.755 e. The second kappa shape index (κ2) is 10.1. The second-order valence-corrected chi connectivity index (χ2v) is 7.99. The standard InChI is InChI=1S/C21H22F3N3O4S/c22-21(23,24)17-6-2-15(3-7-17)14-19(28)26-10-1-11-27(13-12-26)20(29)16-4-8-18(9-5-16)25-32(30)31/h2-9,25H,1,10-14H2,(H,30,31)/p-1. The Morgan fingerprint density at radius 2 is 1.53 bits per heavy atom. The Morgan fingerprint density at radius 1 is 0.938 bits per heavy atom. The van der Waals surface area contributed by atoms with Crippen molar-refractivity contribution in [2.75, 3.05) is 30.9 Å². The Bertz CT molecular complexity index is 981. The zero-order valence-electron chi connectivity index (χ0n) is 16.9. The van der Waals surface area contributed by atoms with Crippen LogP contribution in [0.1, 0.15) is 27.9 Å². The average Bonchev–Trinajstić information content (AvgIpc) is 2.99. The Balaban J connectivity index is 1.56. The number of nitrogens with one attached hydrogen (secondary N) is 1. The molecule has 7 nitrogen and oxygen atoms in total. The summed E-state index contributed by atoms with van der Waals surface area (Å²) < 4.78 is 61.6. The van der Waals surface area contributed by atoms with E-state index in [9.17, 15) is 31.5 Å². The maximum Gasteiger partial charge on any atom is 0.416 e. The molecule has 1 saturated heterocycles. The lowest BCUT2D eigenvalue weighted by Gasteiger charge is -2.22. The van der Waals surface area contributed by atoms with E-state index >= 15 is 0 Å². The number of carbonyl (C=O) groups excluding carboxylic acids is 2. The molecular formula is C21H21F3N3O4S-. The molecule has 2 aromatic rings. The first-order valence-corrected chi connectivity index (χ1v) is 10.9. The number of alkyl halides is 3. The predicted octanol–water partition coefficient (Wildman–Crippen LogP) is 2.83. The van der Waals surface area contributed by atoms with Crippen LogP contribution in [0.3, 0.4) is 0 Å². The molecule has 1 atom stereocenters. The van der Waals surface area contributed by atoms with Gasteiger partial charge in [0.15, 0.2) is 0 Å². The number of anilines is 1. The molecule has 0 saturated carbocycles. The zero-order valence-corrected chi connectivity index (χ0v) is 17.7. The van der Waals surface area contributed by atoms with Gasteiger partial charge >= 0.3 is 6.18 Å². The first-order chi connectivity index (χ1) is 15.1. The highest BCUT2D eigenvalue weighted by atomic mass is 32.2. The number of nitrogens with zero attached hydrogens (tertiary/aromatic N) is 2. The van der Waals surface area contributed by atoms with E-state index in [2.05, 4.69) is 4.72 Å². The van der Waals surface area contributed by atoms with Crippen LogP contribution in [0.2, 0.25) is 0 Å². The molecule has 2 amide bonds. The summed E-state index contributed by atoms with van der Waals surface area (Å²) in [6.45, 7) is 1.54. The topological polar surface area (TPSA) is 92.8 Å². The van der Waals surface area contributed by atoms with Gasteiger partial charge in [-0.25, -0.2) is 0 Å². The van der Waals surface area contributed by atoms with Crippen molar-refractivity contribution in [3.63, 3.8) is 0 Å². The third-order valence-electron chi connectivity index (χ3n) is 5.11. The lowest BCUT2D eigenvalue weighted by molar-refractivity contribution is -0.137. The summed E-state index contributed by atoms with van der Waals surface area (Å²) in [4.78, 5) is 28.6. The van der Waals surface area contributed by atoms with E-state index in [-0.39, 0.29) is 18.2 Å². The van der Waals surface area contributed by atoms with Gasteiger partial charge in [-0.15, -0.1) is 0 Å². The fourth-order valence-electron chi connectivity index (χ4n) is 3.43. The number of benzene rings is 2. The SMILES string of the molecule is O=C(Cc1ccc(C(F)(F)F)cc1)N1CCCN(C(=O)c2ccc(NS(=O)[O-])cc2)CC1. The van der Waals surface area contributed by atoms with Gasteiger partial charge in [0, 0.05) is 48.7 Å². The highest BCUT2D eigenvalue weighted by Crippen LogP contribution is 2.29. The molecule has 0 radical (unpaired) electrons. The molecule has 11 heteroatoms. The summed E-state index contributed by atoms with van der Waals surface area (Å²) in [7, 11) is 0. The molecule has 0 bridgehead atoms. The van der Waals surface area contributed by atoms with Crippen LogP contribution in [-0.4, -0.2) is 56.6 Å². The van der Waals surface area contributed by atoms with E-state index in [0.29, 0.717) is 49.4 Å². The number of halogens is 3. The van der Waals surface area contributed by atoms with E-state index in [4.69, 9.17) is 0 Å². The Kier molecular flexibility index (Phi) is 7.52. The van der Waals surface area contributed by atoms with Gasteiger partial charge in [0.1, 0.15) is 0 Å². The van der Waals surface area contributed by atoms with Crippen molar-refractivity contribution in [2.45, 2.75) is 19.0 Å². The summed E-state index contributed by atoms with van der Waals surface area (Å²) in [5.41, 5.74) is 0.471. The van der Waals surface area contributed by atoms with Crippen molar-refractivity contribution in [3.05, 3.63) is 65.2 Å². The van der Waals surface area contributed by atoms with Crippen LogP contribution in [0.4, 0.5) is 18.9 Å². The second-order valence-electron chi connectivity index (χ2n) is 7.31. The third-order valence-corrected chi connectivity index (χ3v) is 5.51. The average molecular weight is 468 g/mol. The van der Waals surface area contributed by atoms with Crippen LogP contribution in [0, 0.1) is 0 Å². The summed E-state index contributed by atoms with van der Waals surface area (Å²) in [6.07, 6.45) is -3.87. The molecule has 172 valence electrons. The van der Waals surface area contributed by atoms with E-state index < -0.39 is 23.0 Å². The Morgan fingerprint density at radius 3 is 2.12 bits per heavy atom. The fraction of sp³-hybridized carbons (Fsp3) is 0.333. The first kappa shape index (κ1) is 23.7. The summed E-state index contributed by atoms with van der Waals surface area (Å²) in [5.74, 6) is -0.433. The number of carbonyl (C=O) groups is 2. The number of hydrogen-bond acceptors (Lipinski definition) is 4. The Labute approximate surface area is 185 Å². The largest absolute Gasteiger partial charge is 0.755 e. The van der Waals surface area contributed by atoms with E-state index in [1.54, 1.807) is 9.80 Å². The minimum absolute atomic E-state index is 0.0123. The first-order valence-electron chi connectivity index (χ1n) is 9.82. The maximum atomic E-state index is 12.8. The predicted molar refractivity (Wildman–Crippen MR) is 111 cm³/mol. The van der Waals surface area contributed by atoms with Gasteiger partial charge in [-0.1, -0.05) is 12.1 Å². The normalized spacial score (nSPS) is 15.8. The number of amides is 2. The molecule has 1 fully saturated rings. The van der Waals surface area contributed by atoms with Gasteiger partial charge in [0.25, 0.3) is 5.91 Å². The van der Waals surface area contributed by atoms with Crippen LogP contribution in [0.5, 0.6) is 0 Å². The molecule has 0 aromatic heterocycles. The molecule has 1 N–H and O–H groups in total. The molecule has 1 aliphatic heterocycles. The van der Waals surface area contributed by atoms with Gasteiger partial charge in [0.05, 0.1) is 12.0 Å². The zero-order chi connectivity index (χ0) is 23.3. The smallest absolute Gasteiger partial charge is 0.416 e. The molecule has 2 aromatic carbocycles. The highest BCUT2D eigenvalue weighted by Gasteiger charge is 2.30.